The van der Waals surface area contributed by atoms with Crippen LogP contribution in [0.2, 0.25) is 0 Å². The van der Waals surface area contributed by atoms with Crippen LogP contribution in [-0.4, -0.2) is 49.1 Å². The van der Waals surface area contributed by atoms with Gasteiger partial charge in [0.25, 0.3) is 0 Å². The highest BCUT2D eigenvalue weighted by atomic mass is 16.2. The molecule has 0 radical (unpaired) electrons. The van der Waals surface area contributed by atoms with Crippen LogP contribution < -0.4 is 5.73 Å². The first-order chi connectivity index (χ1) is 8.25. The first-order valence-electron chi connectivity index (χ1n) is 6.96. The molecule has 2 N–H and O–H groups in total. The van der Waals surface area contributed by atoms with Gasteiger partial charge >= 0.3 is 6.03 Å². The van der Waals surface area contributed by atoms with Crippen LogP contribution in [0.4, 0.5) is 4.79 Å². The van der Waals surface area contributed by atoms with Crippen molar-refractivity contribution in [3.63, 3.8) is 0 Å². The fourth-order valence-electron chi connectivity index (χ4n) is 2.27. The van der Waals surface area contributed by atoms with Gasteiger partial charge in [0.15, 0.2) is 0 Å². The number of carbonyl (C=O) groups is 1. The average Bonchev–Trinajstić information content (AvgIpc) is 2.62. The Morgan fingerprint density at radius 3 is 2.35 bits per heavy atom. The number of nitrogens with zero attached hydrogens (tertiary/aromatic N) is 2. The highest BCUT2D eigenvalue weighted by molar-refractivity contribution is 5.74. The van der Waals surface area contributed by atoms with E-state index in [0.717, 1.165) is 58.3 Å². The Morgan fingerprint density at radius 1 is 1.12 bits per heavy atom. The third-order valence-electron chi connectivity index (χ3n) is 3.40. The quantitative estimate of drug-likeness (QED) is 0.749. The van der Waals surface area contributed by atoms with Crippen LogP contribution in [0.5, 0.6) is 0 Å². The highest BCUT2D eigenvalue weighted by Gasteiger charge is 2.18. The minimum atomic E-state index is 0.208. The summed E-state index contributed by atoms with van der Waals surface area (Å²) < 4.78 is 0. The molecule has 0 atom stereocenters. The van der Waals surface area contributed by atoms with Gasteiger partial charge in [0.05, 0.1) is 0 Å². The van der Waals surface area contributed by atoms with Crippen LogP contribution in [0.25, 0.3) is 0 Å². The summed E-state index contributed by atoms with van der Waals surface area (Å²) in [4.78, 5) is 16.0. The standard InChI is InChI=1S/C13H27N3O/c1-15(10-6-4-5-9-14)13(17)16-11-7-2-3-8-12-16/h2-12,14H2,1H3. The highest BCUT2D eigenvalue weighted by Crippen LogP contribution is 2.11. The van der Waals surface area contributed by atoms with Crippen molar-refractivity contribution in [2.45, 2.75) is 44.9 Å². The number of rotatable bonds is 5. The average molecular weight is 241 g/mol. The lowest BCUT2D eigenvalue weighted by Crippen LogP contribution is -2.42. The Morgan fingerprint density at radius 2 is 1.76 bits per heavy atom. The molecule has 4 nitrogen and oxygen atoms in total. The molecule has 0 spiro atoms. The van der Waals surface area contributed by atoms with Gasteiger partial charge in [-0.15, -0.1) is 0 Å². The molecular weight excluding hydrogens is 214 g/mol. The van der Waals surface area contributed by atoms with Crippen LogP contribution in [0.1, 0.15) is 44.9 Å². The first-order valence-corrected chi connectivity index (χ1v) is 6.96. The van der Waals surface area contributed by atoms with E-state index >= 15 is 0 Å². The van der Waals surface area contributed by atoms with Gasteiger partial charge in [-0.25, -0.2) is 4.79 Å². The Labute approximate surface area is 105 Å². The summed E-state index contributed by atoms with van der Waals surface area (Å²) in [6.07, 6.45) is 8.10. The summed E-state index contributed by atoms with van der Waals surface area (Å²) in [6.45, 7) is 3.48. The molecule has 2 amide bonds. The monoisotopic (exact) mass is 241 g/mol. The molecule has 0 bridgehead atoms. The van der Waals surface area contributed by atoms with Gasteiger partial charge in [0.1, 0.15) is 0 Å². The van der Waals surface area contributed by atoms with Gasteiger partial charge in [0, 0.05) is 26.7 Å². The van der Waals surface area contributed by atoms with Crippen LogP contribution in [0.3, 0.4) is 0 Å². The van der Waals surface area contributed by atoms with Crippen LogP contribution in [-0.2, 0) is 0 Å². The zero-order valence-electron chi connectivity index (χ0n) is 11.2. The number of hydrogen-bond donors (Lipinski definition) is 1. The molecule has 1 fully saturated rings. The molecule has 0 aliphatic carbocycles. The van der Waals surface area contributed by atoms with E-state index in [4.69, 9.17) is 5.73 Å². The Hall–Kier alpha value is -0.770. The maximum atomic E-state index is 12.1. The lowest BCUT2D eigenvalue weighted by molar-refractivity contribution is 0.163. The Kier molecular flexibility index (Phi) is 7.01. The third kappa shape index (κ3) is 5.39. The topological polar surface area (TPSA) is 49.6 Å². The second-order valence-corrected chi connectivity index (χ2v) is 4.95. The van der Waals surface area contributed by atoms with E-state index in [0.29, 0.717) is 0 Å². The Balaban J connectivity index is 2.24. The summed E-state index contributed by atoms with van der Waals surface area (Å²) in [5.41, 5.74) is 5.45. The van der Waals surface area contributed by atoms with Gasteiger partial charge in [-0.05, 0) is 32.2 Å². The summed E-state index contributed by atoms with van der Waals surface area (Å²) in [5.74, 6) is 0. The molecule has 1 saturated heterocycles. The number of hydrogen-bond acceptors (Lipinski definition) is 2. The first kappa shape index (κ1) is 14.3. The van der Waals surface area contributed by atoms with Crippen molar-refractivity contribution in [2.24, 2.45) is 5.73 Å². The fourth-order valence-corrected chi connectivity index (χ4v) is 2.27. The van der Waals surface area contributed by atoms with E-state index < -0.39 is 0 Å². The van der Waals surface area contributed by atoms with Crippen LogP contribution in [0, 0.1) is 0 Å². The minimum Gasteiger partial charge on any atom is -0.330 e. The van der Waals surface area contributed by atoms with Crippen molar-refractivity contribution in [3.8, 4) is 0 Å². The van der Waals surface area contributed by atoms with Crippen molar-refractivity contribution in [2.75, 3.05) is 33.2 Å². The molecule has 1 aliphatic heterocycles. The summed E-state index contributed by atoms with van der Waals surface area (Å²) in [7, 11) is 1.91. The van der Waals surface area contributed by atoms with Crippen molar-refractivity contribution < 1.29 is 4.79 Å². The molecule has 0 saturated carbocycles. The minimum absolute atomic E-state index is 0.208. The van der Waals surface area contributed by atoms with Gasteiger partial charge in [-0.3, -0.25) is 0 Å². The molecule has 1 heterocycles. The number of nitrogens with two attached hydrogens (primary N) is 1. The van der Waals surface area contributed by atoms with Gasteiger partial charge in [-0.1, -0.05) is 19.3 Å². The predicted molar refractivity (Wildman–Crippen MR) is 71.0 cm³/mol. The van der Waals surface area contributed by atoms with E-state index in [-0.39, 0.29) is 6.03 Å². The van der Waals surface area contributed by atoms with Gasteiger partial charge in [-0.2, -0.15) is 0 Å². The fraction of sp³-hybridized carbons (Fsp3) is 0.923. The molecule has 0 unspecified atom stereocenters. The summed E-state index contributed by atoms with van der Waals surface area (Å²) >= 11 is 0. The largest absolute Gasteiger partial charge is 0.330 e. The lowest BCUT2D eigenvalue weighted by atomic mass is 10.2. The van der Waals surface area contributed by atoms with E-state index in [9.17, 15) is 4.79 Å². The third-order valence-corrected chi connectivity index (χ3v) is 3.40. The van der Waals surface area contributed by atoms with Crippen LogP contribution in [0.15, 0.2) is 0 Å². The molecule has 1 aliphatic rings. The Bertz CT molecular complexity index is 213. The maximum absolute atomic E-state index is 12.1. The van der Waals surface area contributed by atoms with Gasteiger partial charge in [0.2, 0.25) is 0 Å². The van der Waals surface area contributed by atoms with Crippen molar-refractivity contribution in [1.82, 2.24) is 9.80 Å². The van der Waals surface area contributed by atoms with Gasteiger partial charge < -0.3 is 15.5 Å². The molecule has 1 rings (SSSR count). The SMILES string of the molecule is CN(CCCCCN)C(=O)N1CCCCCC1. The smallest absolute Gasteiger partial charge is 0.319 e. The van der Waals surface area contributed by atoms with Crippen molar-refractivity contribution in [1.29, 1.82) is 0 Å². The number of likely N-dealkylation sites (tertiary alicyclic amines) is 1. The number of unbranched alkanes of at least 4 members (excludes halogenated alkanes) is 2. The number of carbonyl (C=O) groups excluding carboxylic acids is 1. The second-order valence-electron chi connectivity index (χ2n) is 4.95. The van der Waals surface area contributed by atoms with E-state index in [2.05, 4.69) is 0 Å². The zero-order valence-corrected chi connectivity index (χ0v) is 11.2. The normalized spacial score (nSPS) is 16.7. The lowest BCUT2D eigenvalue weighted by Gasteiger charge is -2.27. The molecule has 0 aromatic heterocycles. The molecule has 17 heavy (non-hydrogen) atoms. The van der Waals surface area contributed by atoms with Crippen molar-refractivity contribution >= 4 is 6.03 Å². The van der Waals surface area contributed by atoms with E-state index in [1.165, 1.54) is 12.8 Å². The molecule has 0 aromatic carbocycles. The van der Waals surface area contributed by atoms with Crippen LogP contribution >= 0.6 is 0 Å². The maximum Gasteiger partial charge on any atom is 0.319 e. The van der Waals surface area contributed by atoms with Crippen molar-refractivity contribution in [3.05, 3.63) is 0 Å². The predicted octanol–water partition coefficient (Wildman–Crippen LogP) is 2.04. The molecular formula is C13H27N3O. The molecule has 0 aromatic rings. The van der Waals surface area contributed by atoms with E-state index in [1.807, 2.05) is 16.8 Å². The molecule has 100 valence electrons. The molecule has 4 heteroatoms. The summed E-state index contributed by atoms with van der Waals surface area (Å²) in [6, 6.07) is 0.208. The number of urea groups is 1. The number of amides is 2. The summed E-state index contributed by atoms with van der Waals surface area (Å²) in [5, 5.41) is 0. The zero-order chi connectivity index (χ0) is 12.5. The second kappa shape index (κ2) is 8.34. The van der Waals surface area contributed by atoms with E-state index in [1.54, 1.807) is 0 Å².